The summed E-state index contributed by atoms with van der Waals surface area (Å²) in [6.07, 6.45) is 0. The second-order valence-corrected chi connectivity index (χ2v) is 6.38. The number of aromatic nitrogens is 4. The first-order valence-electron chi connectivity index (χ1n) is 8.51. The Balaban J connectivity index is 1.59. The third kappa shape index (κ3) is 3.31. The van der Waals surface area contributed by atoms with Gasteiger partial charge < -0.3 is 13.8 Å². The normalized spacial score (nSPS) is 11.1. The van der Waals surface area contributed by atoms with Crippen LogP contribution in [0.25, 0.3) is 22.4 Å². The summed E-state index contributed by atoms with van der Waals surface area (Å²) in [7, 11) is 1.73. The van der Waals surface area contributed by atoms with E-state index in [1.807, 2.05) is 49.4 Å². The fraction of sp³-hybridized carbons (Fsp3) is 0.200. The largest absolute Gasteiger partial charge is 0.484 e. The summed E-state index contributed by atoms with van der Waals surface area (Å²) in [6.45, 7) is 3.89. The molecule has 0 amide bonds. The molecule has 7 nitrogen and oxygen atoms in total. The molecule has 0 fully saturated rings. The van der Waals surface area contributed by atoms with Gasteiger partial charge in [0.1, 0.15) is 11.4 Å². The number of fused-ring (bicyclic) bond motifs is 1. The second-order valence-electron chi connectivity index (χ2n) is 6.38. The number of rotatable bonds is 4. The van der Waals surface area contributed by atoms with E-state index in [-0.39, 0.29) is 12.2 Å². The maximum absolute atomic E-state index is 12.0. The molecule has 0 radical (unpaired) electrons. The summed E-state index contributed by atoms with van der Waals surface area (Å²) in [4.78, 5) is 20.8. The molecule has 0 N–H and O–H groups in total. The monoisotopic (exact) mass is 362 g/mol. The van der Waals surface area contributed by atoms with Crippen LogP contribution in [0.2, 0.25) is 0 Å². The van der Waals surface area contributed by atoms with Crippen LogP contribution in [-0.4, -0.2) is 19.7 Å². The van der Waals surface area contributed by atoms with E-state index in [1.165, 1.54) is 0 Å². The van der Waals surface area contributed by atoms with Gasteiger partial charge in [0, 0.05) is 12.6 Å². The Morgan fingerprint density at radius 3 is 2.78 bits per heavy atom. The lowest BCUT2D eigenvalue weighted by Gasteiger charge is -2.06. The van der Waals surface area contributed by atoms with Gasteiger partial charge in [-0.1, -0.05) is 17.3 Å². The van der Waals surface area contributed by atoms with Crippen LogP contribution in [0.3, 0.4) is 0 Å². The quantitative estimate of drug-likeness (QED) is 0.554. The summed E-state index contributed by atoms with van der Waals surface area (Å²) in [6, 6.07) is 13.3. The van der Waals surface area contributed by atoms with E-state index in [2.05, 4.69) is 15.1 Å². The van der Waals surface area contributed by atoms with Crippen LogP contribution in [0.1, 0.15) is 17.1 Å². The lowest BCUT2D eigenvalue weighted by atomic mass is 10.1. The van der Waals surface area contributed by atoms with Crippen molar-refractivity contribution < 1.29 is 9.26 Å². The number of benzene rings is 2. The van der Waals surface area contributed by atoms with Crippen LogP contribution in [0, 0.1) is 13.8 Å². The molecule has 7 heteroatoms. The van der Waals surface area contributed by atoms with Crippen molar-refractivity contribution in [1.29, 1.82) is 0 Å². The Labute approximate surface area is 155 Å². The van der Waals surface area contributed by atoms with Gasteiger partial charge in [0.15, 0.2) is 6.61 Å². The first-order valence-corrected chi connectivity index (χ1v) is 8.51. The van der Waals surface area contributed by atoms with Gasteiger partial charge >= 0.3 is 0 Å². The van der Waals surface area contributed by atoms with Crippen molar-refractivity contribution in [3.8, 4) is 17.1 Å². The van der Waals surface area contributed by atoms with Crippen molar-refractivity contribution in [1.82, 2.24) is 19.7 Å². The van der Waals surface area contributed by atoms with Crippen molar-refractivity contribution >= 4 is 11.0 Å². The minimum atomic E-state index is -0.106. The Hall–Kier alpha value is -3.48. The smallest absolute Gasteiger partial charge is 0.272 e. The van der Waals surface area contributed by atoms with Crippen molar-refractivity contribution in [3.05, 3.63) is 70.0 Å². The number of nitrogens with zero attached hydrogens (tertiary/aromatic N) is 4. The van der Waals surface area contributed by atoms with Gasteiger partial charge in [-0.15, -0.1) is 0 Å². The molecule has 4 aromatic rings. The molecule has 136 valence electrons. The molecule has 0 spiro atoms. The lowest BCUT2D eigenvalue weighted by Crippen LogP contribution is -2.21. The number of hydrogen-bond donors (Lipinski definition) is 0. The van der Waals surface area contributed by atoms with Gasteiger partial charge in [-0.05, 0) is 49.7 Å². The van der Waals surface area contributed by atoms with Gasteiger partial charge in [0.2, 0.25) is 5.82 Å². The van der Waals surface area contributed by atoms with E-state index in [0.29, 0.717) is 22.9 Å². The zero-order valence-electron chi connectivity index (χ0n) is 15.3. The molecule has 0 atom stereocenters. The maximum atomic E-state index is 12.0. The van der Waals surface area contributed by atoms with Gasteiger partial charge in [-0.3, -0.25) is 4.79 Å². The Morgan fingerprint density at radius 1 is 1.11 bits per heavy atom. The molecule has 0 saturated carbocycles. The molecular formula is C20H18N4O3. The van der Waals surface area contributed by atoms with Crippen molar-refractivity contribution in [2.24, 2.45) is 7.05 Å². The number of hydrogen-bond acceptors (Lipinski definition) is 6. The summed E-state index contributed by atoms with van der Waals surface area (Å²) in [5.74, 6) is 1.59. The van der Waals surface area contributed by atoms with Crippen molar-refractivity contribution in [2.45, 2.75) is 20.5 Å². The predicted molar refractivity (Wildman–Crippen MR) is 101 cm³/mol. The molecule has 27 heavy (non-hydrogen) atoms. The van der Waals surface area contributed by atoms with Crippen LogP contribution >= 0.6 is 0 Å². The standard InChI is InChI=1S/C20H18N4O3/c1-12-5-4-6-15(9-12)26-11-18-22-19(23-27-18)14-7-8-17-16(10-14)21-13(2)20(25)24(17)3/h4-10H,11H2,1-3H3. The van der Waals surface area contributed by atoms with Crippen LogP contribution in [0.15, 0.2) is 51.8 Å². The molecule has 0 aliphatic heterocycles. The Bertz CT molecular complexity index is 1190. The molecule has 4 rings (SSSR count). The molecule has 2 aromatic carbocycles. The van der Waals surface area contributed by atoms with Crippen molar-refractivity contribution in [2.75, 3.05) is 0 Å². The molecule has 0 aliphatic carbocycles. The molecule has 0 saturated heterocycles. The van der Waals surface area contributed by atoms with Crippen LogP contribution in [-0.2, 0) is 13.7 Å². The van der Waals surface area contributed by atoms with Gasteiger partial charge in [0.25, 0.3) is 11.4 Å². The average molecular weight is 362 g/mol. The van der Waals surface area contributed by atoms with Crippen LogP contribution in [0.5, 0.6) is 5.75 Å². The Kier molecular flexibility index (Phi) is 4.19. The highest BCUT2D eigenvalue weighted by Crippen LogP contribution is 2.21. The highest BCUT2D eigenvalue weighted by Gasteiger charge is 2.12. The maximum Gasteiger partial charge on any atom is 0.272 e. The van der Waals surface area contributed by atoms with E-state index in [0.717, 1.165) is 22.4 Å². The molecule has 2 aromatic heterocycles. The molecule has 0 bridgehead atoms. The zero-order valence-corrected chi connectivity index (χ0v) is 15.3. The zero-order chi connectivity index (χ0) is 19.0. The summed E-state index contributed by atoms with van der Waals surface area (Å²) < 4.78 is 12.6. The minimum Gasteiger partial charge on any atom is -0.484 e. The van der Waals surface area contributed by atoms with Gasteiger partial charge in [0.05, 0.1) is 11.0 Å². The fourth-order valence-electron chi connectivity index (χ4n) is 2.90. The molecular weight excluding hydrogens is 344 g/mol. The third-order valence-corrected chi connectivity index (χ3v) is 4.32. The minimum absolute atomic E-state index is 0.106. The third-order valence-electron chi connectivity index (χ3n) is 4.32. The molecule has 2 heterocycles. The van der Waals surface area contributed by atoms with E-state index < -0.39 is 0 Å². The van der Waals surface area contributed by atoms with Gasteiger partial charge in [-0.25, -0.2) is 4.98 Å². The van der Waals surface area contributed by atoms with Crippen molar-refractivity contribution in [3.63, 3.8) is 0 Å². The van der Waals surface area contributed by atoms with Crippen LogP contribution in [0.4, 0.5) is 0 Å². The predicted octanol–water partition coefficient (Wildman–Crippen LogP) is 3.18. The topological polar surface area (TPSA) is 83.0 Å². The second kappa shape index (κ2) is 6.68. The lowest BCUT2D eigenvalue weighted by molar-refractivity contribution is 0.243. The first kappa shape index (κ1) is 17.0. The highest BCUT2D eigenvalue weighted by molar-refractivity contribution is 5.80. The average Bonchev–Trinajstić information content (AvgIpc) is 3.13. The van der Waals surface area contributed by atoms with Crippen LogP contribution < -0.4 is 10.3 Å². The van der Waals surface area contributed by atoms with E-state index in [4.69, 9.17) is 9.26 Å². The Morgan fingerprint density at radius 2 is 1.96 bits per heavy atom. The summed E-state index contributed by atoms with van der Waals surface area (Å²) in [5, 5.41) is 4.02. The SMILES string of the molecule is Cc1cccc(OCc2nc(-c3ccc4c(c3)nc(C)c(=O)n4C)no2)c1. The fourth-order valence-corrected chi connectivity index (χ4v) is 2.90. The molecule has 0 unspecified atom stereocenters. The first-order chi connectivity index (χ1) is 13.0. The highest BCUT2D eigenvalue weighted by atomic mass is 16.5. The van der Waals surface area contributed by atoms with Gasteiger partial charge in [-0.2, -0.15) is 4.98 Å². The van der Waals surface area contributed by atoms with E-state index in [9.17, 15) is 4.79 Å². The summed E-state index contributed by atoms with van der Waals surface area (Å²) in [5.41, 5.74) is 3.67. The number of ether oxygens (including phenoxy) is 1. The number of aryl methyl sites for hydroxylation is 3. The summed E-state index contributed by atoms with van der Waals surface area (Å²) >= 11 is 0. The molecule has 0 aliphatic rings. The van der Waals surface area contributed by atoms with E-state index in [1.54, 1.807) is 18.5 Å². The van der Waals surface area contributed by atoms with E-state index >= 15 is 0 Å².